The van der Waals surface area contributed by atoms with E-state index in [-0.39, 0.29) is 5.91 Å². The van der Waals surface area contributed by atoms with Crippen molar-refractivity contribution in [1.29, 1.82) is 0 Å². The molecule has 0 atom stereocenters. The molecule has 0 aliphatic heterocycles. The lowest BCUT2D eigenvalue weighted by molar-refractivity contribution is 0.0945. The van der Waals surface area contributed by atoms with E-state index in [4.69, 9.17) is 0 Å². The van der Waals surface area contributed by atoms with Crippen LogP contribution in [0.2, 0.25) is 0 Å². The molecule has 2 aromatic rings. The molecule has 2 rings (SSSR count). The van der Waals surface area contributed by atoms with Crippen molar-refractivity contribution in [2.24, 2.45) is 0 Å². The Kier molecular flexibility index (Phi) is 6.36. The fourth-order valence-electron chi connectivity index (χ4n) is 2.01. The van der Waals surface area contributed by atoms with Gasteiger partial charge < -0.3 is 10.6 Å². The van der Waals surface area contributed by atoms with Crippen molar-refractivity contribution >= 4 is 11.7 Å². The molecule has 0 saturated heterocycles. The van der Waals surface area contributed by atoms with Crippen LogP contribution in [0, 0.1) is 0 Å². The molecule has 2 N–H and O–H groups in total. The monoisotopic (exact) mass is 298 g/mol. The summed E-state index contributed by atoms with van der Waals surface area (Å²) in [6, 6.07) is 13.3. The number of benzene rings is 1. The van der Waals surface area contributed by atoms with Crippen molar-refractivity contribution < 1.29 is 4.79 Å². The lowest BCUT2D eigenvalue weighted by Gasteiger charge is -2.06. The number of rotatable bonds is 8. The third-order valence-electron chi connectivity index (χ3n) is 3.28. The minimum atomic E-state index is -0.214. The van der Waals surface area contributed by atoms with E-state index >= 15 is 0 Å². The molecular weight excluding hydrogens is 276 g/mol. The Morgan fingerprint density at radius 2 is 1.86 bits per heavy atom. The van der Waals surface area contributed by atoms with Crippen molar-refractivity contribution in [2.75, 3.05) is 11.9 Å². The first-order valence-corrected chi connectivity index (χ1v) is 7.69. The zero-order valence-electron chi connectivity index (χ0n) is 12.9. The number of nitrogens with zero attached hydrogens (tertiary/aromatic N) is 2. The molecule has 0 unspecified atom stereocenters. The number of aromatic nitrogens is 2. The van der Waals surface area contributed by atoms with Gasteiger partial charge in [0.15, 0.2) is 5.69 Å². The minimum Gasteiger partial charge on any atom is -0.369 e. The predicted octanol–water partition coefficient (Wildman–Crippen LogP) is 3.01. The van der Waals surface area contributed by atoms with Gasteiger partial charge in [-0.1, -0.05) is 50.1 Å². The van der Waals surface area contributed by atoms with Gasteiger partial charge in [-0.05, 0) is 24.1 Å². The summed E-state index contributed by atoms with van der Waals surface area (Å²) in [6.07, 6.45) is 3.49. The molecule has 0 aliphatic carbocycles. The smallest absolute Gasteiger partial charge is 0.272 e. The molecule has 0 spiro atoms. The van der Waals surface area contributed by atoms with Crippen LogP contribution in [0.15, 0.2) is 42.5 Å². The second-order valence-corrected chi connectivity index (χ2v) is 5.11. The van der Waals surface area contributed by atoms with E-state index in [9.17, 15) is 4.79 Å². The highest BCUT2D eigenvalue weighted by Crippen LogP contribution is 2.04. The summed E-state index contributed by atoms with van der Waals surface area (Å²) >= 11 is 0. The van der Waals surface area contributed by atoms with E-state index < -0.39 is 0 Å². The highest BCUT2D eigenvalue weighted by atomic mass is 16.1. The van der Waals surface area contributed by atoms with Crippen molar-refractivity contribution in [2.45, 2.75) is 32.7 Å². The molecule has 5 nitrogen and oxygen atoms in total. The fourth-order valence-corrected chi connectivity index (χ4v) is 2.01. The van der Waals surface area contributed by atoms with Gasteiger partial charge in [0.1, 0.15) is 5.82 Å². The van der Waals surface area contributed by atoms with Crippen LogP contribution in [-0.2, 0) is 6.54 Å². The summed E-state index contributed by atoms with van der Waals surface area (Å²) in [5.41, 5.74) is 1.38. The summed E-state index contributed by atoms with van der Waals surface area (Å²) < 4.78 is 0. The number of anilines is 1. The van der Waals surface area contributed by atoms with E-state index in [0.717, 1.165) is 18.5 Å². The minimum absolute atomic E-state index is 0.214. The van der Waals surface area contributed by atoms with E-state index in [0.29, 0.717) is 18.1 Å². The highest BCUT2D eigenvalue weighted by molar-refractivity contribution is 5.92. The molecule has 1 heterocycles. The van der Waals surface area contributed by atoms with Gasteiger partial charge >= 0.3 is 0 Å². The van der Waals surface area contributed by atoms with E-state index in [1.807, 2.05) is 30.3 Å². The Morgan fingerprint density at radius 1 is 1.05 bits per heavy atom. The molecule has 0 aliphatic rings. The molecular formula is C17H22N4O. The van der Waals surface area contributed by atoms with Crippen molar-refractivity contribution in [1.82, 2.24) is 15.5 Å². The molecule has 116 valence electrons. The fraction of sp³-hybridized carbons (Fsp3) is 0.353. The number of carbonyl (C=O) groups excluding carboxylic acids is 1. The number of unbranched alkanes of at least 4 members (excludes halogenated alkanes) is 2. The first-order valence-electron chi connectivity index (χ1n) is 7.69. The zero-order valence-corrected chi connectivity index (χ0v) is 12.9. The predicted molar refractivity (Wildman–Crippen MR) is 87.7 cm³/mol. The van der Waals surface area contributed by atoms with Crippen LogP contribution >= 0.6 is 0 Å². The molecule has 0 bridgehead atoms. The third kappa shape index (κ3) is 5.16. The molecule has 5 heteroatoms. The maximum Gasteiger partial charge on any atom is 0.272 e. The number of hydrogen-bond acceptors (Lipinski definition) is 4. The van der Waals surface area contributed by atoms with Crippen molar-refractivity contribution in [3.8, 4) is 0 Å². The zero-order chi connectivity index (χ0) is 15.6. The molecule has 1 amide bonds. The first kappa shape index (κ1) is 15.9. The second-order valence-electron chi connectivity index (χ2n) is 5.11. The Labute approximate surface area is 131 Å². The maximum absolute atomic E-state index is 12.0. The van der Waals surface area contributed by atoms with Gasteiger partial charge in [-0.2, -0.15) is 0 Å². The van der Waals surface area contributed by atoms with Crippen LogP contribution in [0.1, 0.15) is 42.2 Å². The van der Waals surface area contributed by atoms with Gasteiger partial charge in [0.25, 0.3) is 5.91 Å². The summed E-state index contributed by atoms with van der Waals surface area (Å²) in [4.78, 5) is 12.0. The van der Waals surface area contributed by atoms with Crippen molar-refractivity contribution in [3.63, 3.8) is 0 Å². The topological polar surface area (TPSA) is 66.9 Å². The van der Waals surface area contributed by atoms with Gasteiger partial charge in [-0.15, -0.1) is 10.2 Å². The Balaban J connectivity index is 1.80. The van der Waals surface area contributed by atoms with Crippen LogP contribution in [-0.4, -0.2) is 22.6 Å². The van der Waals surface area contributed by atoms with Crippen LogP contribution in [0.5, 0.6) is 0 Å². The summed E-state index contributed by atoms with van der Waals surface area (Å²) in [7, 11) is 0. The highest BCUT2D eigenvalue weighted by Gasteiger charge is 2.07. The van der Waals surface area contributed by atoms with Gasteiger partial charge in [-0.25, -0.2) is 0 Å². The molecule has 0 radical (unpaired) electrons. The average Bonchev–Trinajstić information content (AvgIpc) is 2.58. The second kappa shape index (κ2) is 8.77. The number of amides is 1. The average molecular weight is 298 g/mol. The summed E-state index contributed by atoms with van der Waals surface area (Å²) in [6.45, 7) is 3.53. The van der Waals surface area contributed by atoms with Crippen LogP contribution < -0.4 is 10.6 Å². The van der Waals surface area contributed by atoms with Crippen molar-refractivity contribution in [3.05, 3.63) is 53.7 Å². The van der Waals surface area contributed by atoms with Gasteiger partial charge in [0.2, 0.25) is 0 Å². The van der Waals surface area contributed by atoms with E-state index in [1.54, 1.807) is 12.1 Å². The summed E-state index contributed by atoms with van der Waals surface area (Å²) in [5.74, 6) is 0.490. The number of hydrogen-bond donors (Lipinski definition) is 2. The Hall–Kier alpha value is -2.43. The molecule has 1 aromatic carbocycles. The van der Waals surface area contributed by atoms with Gasteiger partial charge in [0, 0.05) is 13.1 Å². The number of carbonyl (C=O) groups is 1. The molecule has 1 aromatic heterocycles. The first-order chi connectivity index (χ1) is 10.8. The maximum atomic E-state index is 12.0. The lowest BCUT2D eigenvalue weighted by Crippen LogP contribution is -2.24. The van der Waals surface area contributed by atoms with Gasteiger partial charge in [0.05, 0.1) is 0 Å². The quantitative estimate of drug-likeness (QED) is 0.735. The van der Waals surface area contributed by atoms with Crippen LogP contribution in [0.4, 0.5) is 5.82 Å². The lowest BCUT2D eigenvalue weighted by atomic mass is 10.2. The van der Waals surface area contributed by atoms with Crippen LogP contribution in [0.3, 0.4) is 0 Å². The SMILES string of the molecule is CCCCCNc1ccc(C(=O)NCc2ccccc2)nn1. The third-order valence-corrected chi connectivity index (χ3v) is 3.28. The van der Waals surface area contributed by atoms with Gasteiger partial charge in [-0.3, -0.25) is 4.79 Å². The largest absolute Gasteiger partial charge is 0.369 e. The molecule has 0 saturated carbocycles. The molecule has 0 fully saturated rings. The number of nitrogens with one attached hydrogen (secondary N) is 2. The Bertz CT molecular complexity index is 569. The molecule has 22 heavy (non-hydrogen) atoms. The van der Waals surface area contributed by atoms with E-state index in [1.165, 1.54) is 12.8 Å². The normalized spacial score (nSPS) is 10.2. The van der Waals surface area contributed by atoms with Crippen LogP contribution in [0.25, 0.3) is 0 Å². The Morgan fingerprint density at radius 3 is 2.55 bits per heavy atom. The standard InChI is InChI=1S/C17H22N4O/c1-2-3-7-12-18-16-11-10-15(20-21-16)17(22)19-13-14-8-5-4-6-9-14/h4-6,8-11H,2-3,7,12-13H2,1H3,(H,18,21)(H,19,22). The van der Waals surface area contributed by atoms with E-state index in [2.05, 4.69) is 27.8 Å². The summed E-state index contributed by atoms with van der Waals surface area (Å²) in [5, 5.41) is 14.0.